The van der Waals surface area contributed by atoms with Crippen LogP contribution in [-0.4, -0.2) is 12.1 Å². The van der Waals surface area contributed by atoms with E-state index in [1.807, 2.05) is 0 Å². The largest absolute Gasteiger partial charge is 0.379 e. The first-order valence-corrected chi connectivity index (χ1v) is 5.00. The molecule has 0 aliphatic carbocycles. The second kappa shape index (κ2) is 4.01. The predicted molar refractivity (Wildman–Crippen MR) is 62.7 cm³/mol. The zero-order valence-corrected chi connectivity index (χ0v) is 9.52. The molecule has 0 unspecified atom stereocenters. The van der Waals surface area contributed by atoms with Gasteiger partial charge in [0.1, 0.15) is 0 Å². The van der Waals surface area contributed by atoms with E-state index in [1.54, 1.807) is 0 Å². The maximum Gasteiger partial charge on any atom is 0.0439 e. The van der Waals surface area contributed by atoms with Gasteiger partial charge in [0.25, 0.3) is 0 Å². The first kappa shape index (κ1) is 11.1. The molecular weight excluding hydrogens is 172 g/mol. The van der Waals surface area contributed by atoms with Crippen molar-refractivity contribution in [3.05, 3.63) is 29.3 Å². The average molecular weight is 192 g/mol. The molecule has 0 amide bonds. The zero-order chi connectivity index (χ0) is 10.8. The summed E-state index contributed by atoms with van der Waals surface area (Å²) in [5, 5.41) is 3.44. The lowest BCUT2D eigenvalue weighted by molar-refractivity contribution is 0.579. The van der Waals surface area contributed by atoms with Gasteiger partial charge in [-0.3, -0.25) is 0 Å². The summed E-state index contributed by atoms with van der Waals surface area (Å²) < 4.78 is 0. The molecule has 0 radical (unpaired) electrons. The fourth-order valence-corrected chi connectivity index (χ4v) is 1.37. The van der Waals surface area contributed by atoms with Gasteiger partial charge in [0.15, 0.2) is 0 Å². The van der Waals surface area contributed by atoms with Crippen LogP contribution in [0.4, 0.5) is 5.69 Å². The Kier molecular flexibility index (Phi) is 3.17. The van der Waals surface area contributed by atoms with Crippen LogP contribution in [-0.2, 0) is 0 Å². The fourth-order valence-electron chi connectivity index (χ4n) is 1.37. The van der Waals surface area contributed by atoms with Crippen LogP contribution in [0, 0.1) is 13.8 Å². The Hall–Kier alpha value is -1.02. The van der Waals surface area contributed by atoms with Crippen LogP contribution in [0.1, 0.15) is 25.0 Å². The van der Waals surface area contributed by atoms with Crippen molar-refractivity contribution in [3.8, 4) is 0 Å². The monoisotopic (exact) mass is 192 g/mol. The van der Waals surface area contributed by atoms with E-state index in [9.17, 15) is 0 Å². The minimum atomic E-state index is -0.0416. The molecular formula is C12H20N2. The highest BCUT2D eigenvalue weighted by molar-refractivity contribution is 5.53. The molecule has 0 aliphatic rings. The van der Waals surface area contributed by atoms with Crippen molar-refractivity contribution in [2.24, 2.45) is 5.73 Å². The lowest BCUT2D eigenvalue weighted by atomic mass is 10.0. The van der Waals surface area contributed by atoms with Gasteiger partial charge in [-0.15, -0.1) is 0 Å². The third-order valence-electron chi connectivity index (χ3n) is 2.37. The van der Waals surface area contributed by atoms with Gasteiger partial charge in [-0.05, 0) is 39.3 Å². The Morgan fingerprint density at radius 1 is 1.29 bits per heavy atom. The van der Waals surface area contributed by atoms with Crippen molar-refractivity contribution < 1.29 is 0 Å². The van der Waals surface area contributed by atoms with Gasteiger partial charge in [0, 0.05) is 17.8 Å². The van der Waals surface area contributed by atoms with Crippen molar-refractivity contribution in [2.45, 2.75) is 33.2 Å². The van der Waals surface area contributed by atoms with E-state index in [0.29, 0.717) is 6.54 Å². The smallest absolute Gasteiger partial charge is 0.0439 e. The van der Waals surface area contributed by atoms with Gasteiger partial charge in [0.05, 0.1) is 0 Å². The molecule has 2 nitrogen and oxygen atoms in total. The Morgan fingerprint density at radius 2 is 1.93 bits per heavy atom. The Bertz CT molecular complexity index is 316. The van der Waals surface area contributed by atoms with Crippen LogP contribution >= 0.6 is 0 Å². The molecule has 1 aromatic carbocycles. The normalized spacial score (nSPS) is 11.5. The van der Waals surface area contributed by atoms with E-state index in [-0.39, 0.29) is 5.54 Å². The van der Waals surface area contributed by atoms with Gasteiger partial charge in [-0.2, -0.15) is 0 Å². The number of benzene rings is 1. The Labute approximate surface area is 86.5 Å². The lowest BCUT2D eigenvalue weighted by Gasteiger charge is -2.26. The summed E-state index contributed by atoms with van der Waals surface area (Å²) in [4.78, 5) is 0. The van der Waals surface area contributed by atoms with Crippen molar-refractivity contribution in [1.29, 1.82) is 0 Å². The summed E-state index contributed by atoms with van der Waals surface area (Å²) in [7, 11) is 0. The minimum Gasteiger partial charge on any atom is -0.379 e. The SMILES string of the molecule is Cc1ccc(NC(C)(C)CN)c(C)c1. The van der Waals surface area contributed by atoms with Gasteiger partial charge < -0.3 is 11.1 Å². The molecule has 0 fully saturated rings. The van der Waals surface area contributed by atoms with Crippen LogP contribution in [0.5, 0.6) is 0 Å². The Balaban J connectivity index is 2.87. The molecule has 2 heteroatoms. The van der Waals surface area contributed by atoms with Gasteiger partial charge >= 0.3 is 0 Å². The molecule has 1 aromatic rings. The maximum absolute atomic E-state index is 5.67. The third-order valence-corrected chi connectivity index (χ3v) is 2.37. The van der Waals surface area contributed by atoms with E-state index in [1.165, 1.54) is 16.8 Å². The van der Waals surface area contributed by atoms with Crippen molar-refractivity contribution >= 4 is 5.69 Å². The lowest BCUT2D eigenvalue weighted by Crippen LogP contribution is -2.39. The third kappa shape index (κ3) is 2.74. The number of rotatable bonds is 3. The van der Waals surface area contributed by atoms with E-state index in [0.717, 1.165) is 0 Å². The Morgan fingerprint density at radius 3 is 2.43 bits per heavy atom. The molecule has 0 saturated heterocycles. The predicted octanol–water partition coefficient (Wildman–Crippen LogP) is 2.45. The van der Waals surface area contributed by atoms with E-state index in [4.69, 9.17) is 5.73 Å². The van der Waals surface area contributed by atoms with E-state index in [2.05, 4.69) is 51.2 Å². The van der Waals surface area contributed by atoms with Crippen LogP contribution < -0.4 is 11.1 Å². The highest BCUT2D eigenvalue weighted by atomic mass is 15.0. The van der Waals surface area contributed by atoms with Gasteiger partial charge in [-0.25, -0.2) is 0 Å². The standard InChI is InChI=1S/C12H20N2/c1-9-5-6-11(10(2)7-9)14-12(3,4)8-13/h5-7,14H,8,13H2,1-4H3. The maximum atomic E-state index is 5.67. The highest BCUT2D eigenvalue weighted by Gasteiger charge is 2.15. The van der Waals surface area contributed by atoms with E-state index < -0.39 is 0 Å². The topological polar surface area (TPSA) is 38.0 Å². The molecule has 0 aromatic heterocycles. The number of nitrogens with two attached hydrogens (primary N) is 1. The van der Waals surface area contributed by atoms with Crippen molar-refractivity contribution in [1.82, 2.24) is 0 Å². The van der Waals surface area contributed by atoms with Crippen molar-refractivity contribution in [2.75, 3.05) is 11.9 Å². The molecule has 0 spiro atoms. The molecule has 0 heterocycles. The fraction of sp³-hybridized carbons (Fsp3) is 0.500. The molecule has 1 rings (SSSR count). The quantitative estimate of drug-likeness (QED) is 0.772. The number of aryl methyl sites for hydroxylation is 2. The summed E-state index contributed by atoms with van der Waals surface area (Å²) >= 11 is 0. The number of hydrogen-bond acceptors (Lipinski definition) is 2. The van der Waals surface area contributed by atoms with Crippen LogP contribution in [0.25, 0.3) is 0 Å². The molecule has 0 atom stereocenters. The van der Waals surface area contributed by atoms with Gasteiger partial charge in [0.2, 0.25) is 0 Å². The van der Waals surface area contributed by atoms with Crippen LogP contribution in [0.15, 0.2) is 18.2 Å². The molecule has 3 N–H and O–H groups in total. The zero-order valence-electron chi connectivity index (χ0n) is 9.52. The van der Waals surface area contributed by atoms with Crippen LogP contribution in [0.2, 0.25) is 0 Å². The minimum absolute atomic E-state index is 0.0416. The number of nitrogens with one attached hydrogen (secondary N) is 1. The molecule has 78 valence electrons. The average Bonchev–Trinajstić information content (AvgIpc) is 2.10. The first-order valence-electron chi connectivity index (χ1n) is 5.00. The van der Waals surface area contributed by atoms with Crippen LogP contribution in [0.3, 0.4) is 0 Å². The molecule has 0 saturated carbocycles. The summed E-state index contributed by atoms with van der Waals surface area (Å²) in [5.74, 6) is 0. The summed E-state index contributed by atoms with van der Waals surface area (Å²) in [6.07, 6.45) is 0. The molecule has 0 aliphatic heterocycles. The molecule has 0 bridgehead atoms. The number of anilines is 1. The summed E-state index contributed by atoms with van der Waals surface area (Å²) in [6, 6.07) is 6.40. The molecule has 14 heavy (non-hydrogen) atoms. The second-order valence-corrected chi connectivity index (χ2v) is 4.53. The van der Waals surface area contributed by atoms with Gasteiger partial charge in [-0.1, -0.05) is 17.7 Å². The summed E-state index contributed by atoms with van der Waals surface area (Å²) in [6.45, 7) is 9.05. The highest BCUT2D eigenvalue weighted by Crippen LogP contribution is 2.19. The van der Waals surface area contributed by atoms with Crippen molar-refractivity contribution in [3.63, 3.8) is 0 Å². The van der Waals surface area contributed by atoms with E-state index >= 15 is 0 Å². The summed E-state index contributed by atoms with van der Waals surface area (Å²) in [5.41, 5.74) is 9.36. The second-order valence-electron chi connectivity index (χ2n) is 4.53. The first-order chi connectivity index (χ1) is 6.44. The number of hydrogen-bond donors (Lipinski definition) is 2.